The molecule has 3 aromatic rings. The Kier molecular flexibility index (Phi) is 2.31. The molecule has 2 aromatic heterocycles. The molecule has 1 aromatic carbocycles. The lowest BCUT2D eigenvalue weighted by Gasteiger charge is -2.06. The summed E-state index contributed by atoms with van der Waals surface area (Å²) in [5.41, 5.74) is 3.91. The Morgan fingerprint density at radius 2 is 2.00 bits per heavy atom. The van der Waals surface area contributed by atoms with Gasteiger partial charge in [-0.2, -0.15) is 10.4 Å². The van der Waals surface area contributed by atoms with Gasteiger partial charge < -0.3 is 0 Å². The van der Waals surface area contributed by atoms with Gasteiger partial charge in [-0.1, -0.05) is 30.3 Å². The summed E-state index contributed by atoms with van der Waals surface area (Å²) in [5, 5.41) is 13.6. The summed E-state index contributed by atoms with van der Waals surface area (Å²) >= 11 is 0. The van der Waals surface area contributed by atoms with Crippen LogP contribution in [0, 0.1) is 18.3 Å². The summed E-state index contributed by atoms with van der Waals surface area (Å²) in [5.74, 6) is 0. The van der Waals surface area contributed by atoms with Crippen LogP contribution >= 0.6 is 0 Å². The zero-order valence-corrected chi connectivity index (χ0v) is 9.83. The first-order valence-electron chi connectivity index (χ1n) is 5.60. The number of hydrogen-bond donors (Lipinski definition) is 0. The molecule has 0 atom stereocenters. The van der Waals surface area contributed by atoms with Crippen LogP contribution in [-0.4, -0.2) is 14.6 Å². The molecule has 0 radical (unpaired) electrons. The van der Waals surface area contributed by atoms with E-state index < -0.39 is 0 Å². The van der Waals surface area contributed by atoms with Gasteiger partial charge in [0, 0.05) is 17.8 Å². The van der Waals surface area contributed by atoms with E-state index in [1.54, 1.807) is 10.7 Å². The molecule has 0 saturated heterocycles. The highest BCUT2D eigenvalue weighted by atomic mass is 15.3. The molecular weight excluding hydrogens is 224 g/mol. The van der Waals surface area contributed by atoms with Crippen LogP contribution in [-0.2, 0) is 0 Å². The monoisotopic (exact) mass is 234 g/mol. The first kappa shape index (κ1) is 10.5. The Hall–Kier alpha value is -2.67. The minimum Gasteiger partial charge on any atom is -0.236 e. The lowest BCUT2D eigenvalue weighted by Crippen LogP contribution is -1.99. The number of fused-ring (bicyclic) bond motifs is 1. The molecule has 3 rings (SSSR count). The Labute approximate surface area is 104 Å². The van der Waals surface area contributed by atoms with Crippen LogP contribution in [0.4, 0.5) is 0 Å². The summed E-state index contributed by atoms with van der Waals surface area (Å²) in [4.78, 5) is 4.24. The minimum absolute atomic E-state index is 0.525. The Bertz CT molecular complexity index is 751. The highest BCUT2D eigenvalue weighted by Gasteiger charge is 2.12. The number of aryl methyl sites for hydroxylation is 1. The van der Waals surface area contributed by atoms with Gasteiger partial charge in [0.1, 0.15) is 6.07 Å². The van der Waals surface area contributed by atoms with Gasteiger partial charge in [0.2, 0.25) is 0 Å². The second kappa shape index (κ2) is 3.97. The fraction of sp³-hybridized carbons (Fsp3) is 0.0714. The average Bonchev–Trinajstić information content (AvgIpc) is 2.78. The third-order valence-electron chi connectivity index (χ3n) is 2.77. The van der Waals surface area contributed by atoms with Crippen LogP contribution in [0.5, 0.6) is 0 Å². The van der Waals surface area contributed by atoms with Gasteiger partial charge in [-0.3, -0.25) is 0 Å². The van der Waals surface area contributed by atoms with E-state index in [1.165, 1.54) is 0 Å². The first-order valence-corrected chi connectivity index (χ1v) is 5.60. The van der Waals surface area contributed by atoms with Crippen molar-refractivity contribution in [2.75, 3.05) is 0 Å². The molecule has 18 heavy (non-hydrogen) atoms. The lowest BCUT2D eigenvalue weighted by atomic mass is 10.1. The highest BCUT2D eigenvalue weighted by molar-refractivity contribution is 5.69. The fourth-order valence-electron chi connectivity index (χ4n) is 2.00. The second-order valence-corrected chi connectivity index (χ2v) is 4.05. The average molecular weight is 234 g/mol. The molecular formula is C14H10N4. The molecule has 4 nitrogen and oxygen atoms in total. The Balaban J connectivity index is 2.42. The number of nitrogens with zero attached hydrogens (tertiary/aromatic N) is 4. The van der Waals surface area contributed by atoms with Crippen molar-refractivity contribution in [1.82, 2.24) is 14.6 Å². The van der Waals surface area contributed by atoms with Crippen LogP contribution < -0.4 is 0 Å². The Morgan fingerprint density at radius 3 is 2.72 bits per heavy atom. The van der Waals surface area contributed by atoms with Crippen LogP contribution in [0.25, 0.3) is 16.9 Å². The number of benzene rings is 1. The van der Waals surface area contributed by atoms with E-state index in [4.69, 9.17) is 0 Å². The van der Waals surface area contributed by atoms with Crippen molar-refractivity contribution < 1.29 is 0 Å². The van der Waals surface area contributed by atoms with Crippen molar-refractivity contribution in [2.24, 2.45) is 0 Å². The molecule has 0 bridgehead atoms. The van der Waals surface area contributed by atoms with E-state index in [0.717, 1.165) is 22.6 Å². The molecule has 0 aliphatic heterocycles. The number of hydrogen-bond acceptors (Lipinski definition) is 3. The summed E-state index contributed by atoms with van der Waals surface area (Å²) in [6, 6.07) is 13.8. The van der Waals surface area contributed by atoms with E-state index in [-0.39, 0.29) is 0 Å². The van der Waals surface area contributed by atoms with E-state index >= 15 is 0 Å². The van der Waals surface area contributed by atoms with E-state index in [0.29, 0.717) is 5.56 Å². The standard InChI is InChI=1S/C14H10N4/c1-10-7-13-16-9-12(8-15)14(18(13)17-10)11-5-3-2-4-6-11/h2-7,9H,1H3. The van der Waals surface area contributed by atoms with Crippen LogP contribution in [0.3, 0.4) is 0 Å². The maximum atomic E-state index is 9.21. The molecule has 4 heteroatoms. The SMILES string of the molecule is Cc1cc2ncc(C#N)c(-c3ccccc3)n2n1. The highest BCUT2D eigenvalue weighted by Crippen LogP contribution is 2.23. The van der Waals surface area contributed by atoms with Crippen molar-refractivity contribution >= 4 is 5.65 Å². The number of nitriles is 1. The smallest absolute Gasteiger partial charge is 0.155 e. The summed E-state index contributed by atoms with van der Waals surface area (Å²) in [6.45, 7) is 1.91. The fourth-order valence-corrected chi connectivity index (χ4v) is 2.00. The number of rotatable bonds is 1. The second-order valence-electron chi connectivity index (χ2n) is 4.05. The summed E-state index contributed by atoms with van der Waals surface area (Å²) in [7, 11) is 0. The molecule has 0 unspecified atom stereocenters. The van der Waals surface area contributed by atoms with Crippen molar-refractivity contribution in [3.8, 4) is 17.3 Å². The Morgan fingerprint density at radius 1 is 1.22 bits per heavy atom. The lowest BCUT2D eigenvalue weighted by molar-refractivity contribution is 0.921. The van der Waals surface area contributed by atoms with Gasteiger partial charge in [-0.15, -0.1) is 0 Å². The van der Waals surface area contributed by atoms with Crippen LogP contribution in [0.2, 0.25) is 0 Å². The largest absolute Gasteiger partial charge is 0.236 e. The van der Waals surface area contributed by atoms with Crippen molar-refractivity contribution in [2.45, 2.75) is 6.92 Å². The van der Waals surface area contributed by atoms with Gasteiger partial charge in [-0.05, 0) is 6.92 Å². The molecule has 86 valence electrons. The van der Waals surface area contributed by atoms with Gasteiger partial charge in [0.15, 0.2) is 5.65 Å². The van der Waals surface area contributed by atoms with Crippen molar-refractivity contribution in [3.05, 3.63) is 53.9 Å². The quantitative estimate of drug-likeness (QED) is 0.650. The predicted octanol–water partition coefficient (Wildman–Crippen LogP) is 2.58. The third-order valence-corrected chi connectivity index (χ3v) is 2.77. The van der Waals surface area contributed by atoms with Crippen LogP contribution in [0.1, 0.15) is 11.3 Å². The van der Waals surface area contributed by atoms with Gasteiger partial charge >= 0.3 is 0 Å². The van der Waals surface area contributed by atoms with E-state index in [2.05, 4.69) is 16.2 Å². The normalized spacial score (nSPS) is 10.4. The zero-order valence-electron chi connectivity index (χ0n) is 9.83. The maximum Gasteiger partial charge on any atom is 0.155 e. The number of aromatic nitrogens is 3. The molecule has 0 N–H and O–H groups in total. The molecule has 0 aliphatic rings. The third kappa shape index (κ3) is 1.54. The molecule has 0 saturated carbocycles. The van der Waals surface area contributed by atoms with Crippen LogP contribution in [0.15, 0.2) is 42.6 Å². The maximum absolute atomic E-state index is 9.21. The summed E-state index contributed by atoms with van der Waals surface area (Å²) < 4.78 is 1.73. The van der Waals surface area contributed by atoms with Gasteiger partial charge in [-0.25, -0.2) is 9.50 Å². The molecule has 0 aliphatic carbocycles. The summed E-state index contributed by atoms with van der Waals surface area (Å²) in [6.07, 6.45) is 1.60. The first-order chi connectivity index (χ1) is 8.79. The van der Waals surface area contributed by atoms with E-state index in [1.807, 2.05) is 43.3 Å². The molecule has 0 spiro atoms. The topological polar surface area (TPSA) is 54.0 Å². The predicted molar refractivity (Wildman–Crippen MR) is 67.9 cm³/mol. The molecule has 2 heterocycles. The van der Waals surface area contributed by atoms with Crippen molar-refractivity contribution in [3.63, 3.8) is 0 Å². The van der Waals surface area contributed by atoms with Crippen molar-refractivity contribution in [1.29, 1.82) is 5.26 Å². The zero-order chi connectivity index (χ0) is 12.5. The van der Waals surface area contributed by atoms with E-state index in [9.17, 15) is 5.26 Å². The molecule has 0 fully saturated rings. The van der Waals surface area contributed by atoms with Gasteiger partial charge in [0.25, 0.3) is 0 Å². The van der Waals surface area contributed by atoms with Gasteiger partial charge in [0.05, 0.1) is 17.0 Å². The molecule has 0 amide bonds. The minimum atomic E-state index is 0.525.